The molecule has 0 aliphatic carbocycles. The molecule has 1 atom stereocenters. The van der Waals surface area contributed by atoms with Crippen molar-refractivity contribution in [2.75, 3.05) is 0 Å². The molecule has 0 saturated carbocycles. The van der Waals surface area contributed by atoms with E-state index < -0.39 is 0 Å². The Hall–Kier alpha value is -1.52. The van der Waals surface area contributed by atoms with Crippen LogP contribution < -0.4 is 4.74 Å². The van der Waals surface area contributed by atoms with Gasteiger partial charge < -0.3 is 9.57 Å². The molecule has 0 spiro atoms. The molecule has 0 unspecified atom stereocenters. The highest BCUT2D eigenvalue weighted by atomic mass is 79.9. The van der Waals surface area contributed by atoms with Crippen molar-refractivity contribution >= 4 is 32.2 Å². The monoisotopic (exact) mass is 365 g/mol. The first-order chi connectivity index (χ1) is 10.1. The Balaban J connectivity index is 1.83. The number of hydrogen-bond donors (Lipinski definition) is 0. The van der Waals surface area contributed by atoms with Crippen LogP contribution in [0, 0.1) is 6.92 Å². The zero-order valence-electron chi connectivity index (χ0n) is 11.3. The van der Waals surface area contributed by atoms with Crippen molar-refractivity contribution < 1.29 is 9.57 Å². The summed E-state index contributed by atoms with van der Waals surface area (Å²) in [6.07, 6.45) is 0.677. The maximum Gasteiger partial charge on any atom is 0.158 e. The zero-order chi connectivity index (χ0) is 14.8. The van der Waals surface area contributed by atoms with E-state index in [4.69, 9.17) is 21.2 Å². The summed E-state index contributed by atoms with van der Waals surface area (Å²) in [6.45, 7) is 2.01. The number of aryl methyl sites for hydroxylation is 1. The fraction of sp³-hybridized carbons (Fsp3) is 0.188. The summed E-state index contributed by atoms with van der Waals surface area (Å²) in [6, 6.07) is 13.4. The number of ether oxygens (including phenoxy) is 1. The summed E-state index contributed by atoms with van der Waals surface area (Å²) in [7, 11) is 0. The predicted octanol–water partition coefficient (Wildman–Crippen LogP) is 5.61. The van der Waals surface area contributed by atoms with E-state index in [1.165, 1.54) is 0 Å². The molecule has 1 aliphatic heterocycles. The fourth-order valence-electron chi connectivity index (χ4n) is 2.08. The quantitative estimate of drug-likeness (QED) is 0.707. The van der Waals surface area contributed by atoms with Crippen LogP contribution in [0.1, 0.15) is 23.7 Å². The Morgan fingerprint density at radius 1 is 1.24 bits per heavy atom. The minimum Gasteiger partial charge on any atom is -0.457 e. The molecule has 3 rings (SSSR count). The van der Waals surface area contributed by atoms with Crippen molar-refractivity contribution in [3.05, 3.63) is 58.6 Å². The van der Waals surface area contributed by atoms with Gasteiger partial charge in [0.25, 0.3) is 0 Å². The van der Waals surface area contributed by atoms with Gasteiger partial charge in [-0.1, -0.05) is 28.9 Å². The molecule has 0 aromatic heterocycles. The first kappa shape index (κ1) is 14.4. The Morgan fingerprint density at radius 2 is 2.00 bits per heavy atom. The Bertz CT molecular complexity index is 685. The SMILES string of the molecule is Cc1ccc([C@@H]2CC(Br)=NO2)cc1Oc1ccc(Cl)cc1. The second-order valence-corrected chi connectivity index (χ2v) is 6.20. The molecule has 1 aliphatic rings. The van der Waals surface area contributed by atoms with Crippen LogP contribution in [-0.4, -0.2) is 4.62 Å². The van der Waals surface area contributed by atoms with Crippen LogP contribution in [0.15, 0.2) is 47.6 Å². The molecule has 2 aromatic carbocycles. The van der Waals surface area contributed by atoms with Gasteiger partial charge in [-0.2, -0.15) is 0 Å². The summed E-state index contributed by atoms with van der Waals surface area (Å²) in [5.41, 5.74) is 2.11. The molecule has 0 bridgehead atoms. The summed E-state index contributed by atoms with van der Waals surface area (Å²) in [5.74, 6) is 1.56. The molecular weight excluding hydrogens is 354 g/mol. The van der Waals surface area contributed by atoms with Crippen LogP contribution in [-0.2, 0) is 4.84 Å². The largest absolute Gasteiger partial charge is 0.457 e. The lowest BCUT2D eigenvalue weighted by Crippen LogP contribution is -1.98. The van der Waals surface area contributed by atoms with E-state index in [1.807, 2.05) is 37.3 Å². The molecule has 0 radical (unpaired) electrons. The smallest absolute Gasteiger partial charge is 0.158 e. The van der Waals surface area contributed by atoms with Crippen molar-refractivity contribution in [1.29, 1.82) is 0 Å². The van der Waals surface area contributed by atoms with E-state index in [9.17, 15) is 0 Å². The topological polar surface area (TPSA) is 30.8 Å². The Labute approximate surface area is 136 Å². The van der Waals surface area contributed by atoms with Gasteiger partial charge in [0.2, 0.25) is 0 Å². The van der Waals surface area contributed by atoms with Gasteiger partial charge >= 0.3 is 0 Å². The lowest BCUT2D eigenvalue weighted by molar-refractivity contribution is 0.0856. The predicted molar refractivity (Wildman–Crippen MR) is 87.5 cm³/mol. The van der Waals surface area contributed by atoms with Gasteiger partial charge in [0.05, 0.1) is 0 Å². The molecule has 2 aromatic rings. The zero-order valence-corrected chi connectivity index (χ0v) is 13.7. The lowest BCUT2D eigenvalue weighted by atomic mass is 10.0. The first-order valence-corrected chi connectivity index (χ1v) is 7.71. The van der Waals surface area contributed by atoms with Crippen molar-refractivity contribution in [3.63, 3.8) is 0 Å². The number of oxime groups is 1. The van der Waals surface area contributed by atoms with Crippen LogP contribution in [0.5, 0.6) is 11.5 Å². The van der Waals surface area contributed by atoms with Crippen molar-refractivity contribution in [3.8, 4) is 11.5 Å². The van der Waals surface area contributed by atoms with Crippen LogP contribution in [0.2, 0.25) is 5.02 Å². The summed E-state index contributed by atoms with van der Waals surface area (Å²) in [4.78, 5) is 5.38. The normalized spacial score (nSPS) is 17.3. The highest BCUT2D eigenvalue weighted by molar-refractivity contribution is 9.18. The number of hydrogen-bond acceptors (Lipinski definition) is 3. The summed E-state index contributed by atoms with van der Waals surface area (Å²) in [5, 5.41) is 4.61. The third-order valence-corrected chi connectivity index (χ3v) is 3.98. The van der Waals surface area contributed by atoms with Gasteiger partial charge in [-0.3, -0.25) is 0 Å². The van der Waals surface area contributed by atoms with E-state index in [0.29, 0.717) is 5.02 Å². The highest BCUT2D eigenvalue weighted by Crippen LogP contribution is 2.34. The van der Waals surface area contributed by atoms with Crippen molar-refractivity contribution in [1.82, 2.24) is 0 Å². The fourth-order valence-corrected chi connectivity index (χ4v) is 2.59. The molecule has 0 amide bonds. The second kappa shape index (κ2) is 6.08. The minimum atomic E-state index is -0.0625. The molecule has 108 valence electrons. The highest BCUT2D eigenvalue weighted by Gasteiger charge is 2.22. The third kappa shape index (κ3) is 3.39. The molecule has 3 nitrogen and oxygen atoms in total. The Morgan fingerprint density at radius 3 is 2.67 bits per heavy atom. The van der Waals surface area contributed by atoms with E-state index >= 15 is 0 Å². The van der Waals surface area contributed by atoms with Gasteiger partial charge in [-0.15, -0.1) is 0 Å². The maximum atomic E-state index is 5.93. The van der Waals surface area contributed by atoms with Crippen LogP contribution in [0.4, 0.5) is 0 Å². The van der Waals surface area contributed by atoms with Crippen molar-refractivity contribution in [2.45, 2.75) is 19.4 Å². The van der Waals surface area contributed by atoms with E-state index in [2.05, 4.69) is 21.1 Å². The molecule has 0 saturated heterocycles. The molecule has 0 fully saturated rings. The summed E-state index contributed by atoms with van der Waals surface area (Å²) >= 11 is 9.23. The van der Waals surface area contributed by atoms with E-state index in [-0.39, 0.29) is 6.10 Å². The molecule has 1 heterocycles. The third-order valence-electron chi connectivity index (χ3n) is 3.26. The van der Waals surface area contributed by atoms with E-state index in [0.717, 1.165) is 33.7 Å². The number of rotatable bonds is 3. The second-order valence-electron chi connectivity index (χ2n) is 4.85. The number of nitrogens with zero attached hydrogens (tertiary/aromatic N) is 1. The first-order valence-electron chi connectivity index (χ1n) is 6.54. The molecule has 5 heteroatoms. The lowest BCUT2D eigenvalue weighted by Gasteiger charge is -2.13. The van der Waals surface area contributed by atoms with Gasteiger partial charge in [-0.25, -0.2) is 0 Å². The van der Waals surface area contributed by atoms with E-state index in [1.54, 1.807) is 12.1 Å². The maximum absolute atomic E-state index is 5.93. The van der Waals surface area contributed by atoms with Gasteiger partial charge in [0.1, 0.15) is 16.1 Å². The molecule has 21 heavy (non-hydrogen) atoms. The Kier molecular flexibility index (Phi) is 4.17. The van der Waals surface area contributed by atoms with Crippen molar-refractivity contribution in [2.24, 2.45) is 5.16 Å². The molecular formula is C16H13BrClNO2. The number of halogens is 2. The molecule has 0 N–H and O–H groups in total. The number of benzene rings is 2. The summed E-state index contributed by atoms with van der Waals surface area (Å²) < 4.78 is 6.75. The average Bonchev–Trinajstić information content (AvgIpc) is 2.90. The average molecular weight is 367 g/mol. The van der Waals surface area contributed by atoms with Crippen LogP contribution in [0.3, 0.4) is 0 Å². The van der Waals surface area contributed by atoms with Crippen LogP contribution in [0.25, 0.3) is 0 Å². The standard InChI is InChI=1S/C16H13BrClNO2/c1-10-2-3-11(15-9-16(17)19-21-15)8-14(10)20-13-6-4-12(18)5-7-13/h2-8,15H,9H2,1H3/t15-/m0/s1. The van der Waals surface area contributed by atoms with Crippen LogP contribution >= 0.6 is 27.5 Å². The minimum absolute atomic E-state index is 0.0625. The van der Waals surface area contributed by atoms with Gasteiger partial charge in [0, 0.05) is 11.4 Å². The van der Waals surface area contributed by atoms with Gasteiger partial charge in [-0.05, 0) is 64.3 Å². The van der Waals surface area contributed by atoms with Gasteiger partial charge in [0.15, 0.2) is 6.10 Å².